The van der Waals surface area contributed by atoms with Crippen molar-refractivity contribution in [3.8, 4) is 0 Å². The molecule has 4 fully saturated rings. The number of fused-ring (bicyclic) bond motifs is 3. The number of carbonyl (C=O) groups is 3. The van der Waals surface area contributed by atoms with Gasteiger partial charge < -0.3 is 18.9 Å². The average Bonchev–Trinajstić information content (AvgIpc) is 3.50. The van der Waals surface area contributed by atoms with Crippen LogP contribution in [0.4, 0.5) is 4.79 Å². The molecule has 4 aliphatic rings. The molecule has 1 saturated carbocycles. The van der Waals surface area contributed by atoms with Crippen LogP contribution in [0, 0.1) is 5.92 Å². The van der Waals surface area contributed by atoms with E-state index < -0.39 is 5.60 Å². The fraction of sp³-hybridized carbons (Fsp3) is 0.545. The third-order valence-electron chi connectivity index (χ3n) is 7.23. The average molecular weight is 423 g/mol. The molecule has 6 rings (SSSR count). The lowest BCUT2D eigenvalue weighted by Gasteiger charge is -2.45. The number of rotatable bonds is 2. The second-order valence-electron chi connectivity index (χ2n) is 9.08. The van der Waals surface area contributed by atoms with Crippen LogP contribution in [-0.2, 0) is 9.53 Å². The van der Waals surface area contributed by atoms with E-state index in [9.17, 15) is 14.4 Å². The molecular formula is C22H25N5O4. The van der Waals surface area contributed by atoms with Gasteiger partial charge in [-0.2, -0.15) is 0 Å². The predicted octanol–water partition coefficient (Wildman–Crippen LogP) is 1.38. The topological polar surface area (TPSA) is 87.5 Å². The number of hydrogen-bond donors (Lipinski definition) is 0. The van der Waals surface area contributed by atoms with Gasteiger partial charge in [-0.25, -0.2) is 9.78 Å². The first-order chi connectivity index (χ1) is 15.0. The van der Waals surface area contributed by atoms with Gasteiger partial charge in [-0.15, -0.1) is 0 Å². The molecule has 9 nitrogen and oxygen atoms in total. The Labute approximate surface area is 179 Å². The zero-order chi connectivity index (χ0) is 21.2. The summed E-state index contributed by atoms with van der Waals surface area (Å²) < 4.78 is 7.75. The van der Waals surface area contributed by atoms with Crippen LogP contribution >= 0.6 is 0 Å². The molecule has 0 aromatic carbocycles. The largest absolute Gasteiger partial charge is 0.440 e. The zero-order valence-corrected chi connectivity index (χ0v) is 17.3. The minimum atomic E-state index is -0.630. The van der Waals surface area contributed by atoms with Crippen molar-refractivity contribution in [2.75, 3.05) is 32.7 Å². The number of nitrogens with zero attached hydrogens (tertiary/aromatic N) is 5. The molecule has 2 aromatic heterocycles. The first-order valence-corrected chi connectivity index (χ1v) is 11.1. The molecule has 3 aliphatic heterocycles. The van der Waals surface area contributed by atoms with Crippen LogP contribution in [0.3, 0.4) is 0 Å². The monoisotopic (exact) mass is 423 g/mol. The van der Waals surface area contributed by atoms with Crippen LogP contribution in [0.2, 0.25) is 0 Å². The standard InChI is InChI=1S/C22H25N5O4/c28-19(15-4-5-15)24-9-6-22(7-10-24)17-14-26(11-12-27(17)21(30)31-22)20(29)16-13-25-8-2-1-3-18(25)23-16/h1-3,8,13,15,17H,4-7,9-12,14H2. The number of hydrogen-bond acceptors (Lipinski definition) is 5. The van der Waals surface area contributed by atoms with Crippen molar-refractivity contribution in [2.45, 2.75) is 37.3 Å². The van der Waals surface area contributed by atoms with Crippen LogP contribution in [0.1, 0.15) is 36.2 Å². The van der Waals surface area contributed by atoms with Crippen LogP contribution < -0.4 is 0 Å². The van der Waals surface area contributed by atoms with Crippen molar-refractivity contribution in [3.63, 3.8) is 0 Å². The molecule has 1 unspecified atom stereocenters. The molecule has 0 radical (unpaired) electrons. The van der Waals surface area contributed by atoms with E-state index >= 15 is 0 Å². The number of imidazole rings is 1. The summed E-state index contributed by atoms with van der Waals surface area (Å²) in [7, 11) is 0. The third-order valence-corrected chi connectivity index (χ3v) is 7.23. The lowest BCUT2D eigenvalue weighted by molar-refractivity contribution is -0.136. The number of pyridine rings is 1. The normalized spacial score (nSPS) is 25.1. The second kappa shape index (κ2) is 6.70. The van der Waals surface area contributed by atoms with Gasteiger partial charge in [-0.05, 0) is 25.0 Å². The van der Waals surface area contributed by atoms with Crippen molar-refractivity contribution in [3.05, 3.63) is 36.3 Å². The molecule has 1 spiro atoms. The quantitative estimate of drug-likeness (QED) is 0.728. The maximum atomic E-state index is 13.2. The molecule has 3 saturated heterocycles. The van der Waals surface area contributed by atoms with E-state index in [0.717, 1.165) is 18.5 Å². The highest BCUT2D eigenvalue weighted by Gasteiger charge is 2.57. The molecule has 2 aromatic rings. The van der Waals surface area contributed by atoms with E-state index in [1.165, 1.54) is 0 Å². The highest BCUT2D eigenvalue weighted by Crippen LogP contribution is 2.41. The summed E-state index contributed by atoms with van der Waals surface area (Å²) >= 11 is 0. The van der Waals surface area contributed by atoms with E-state index in [4.69, 9.17) is 4.74 Å². The van der Waals surface area contributed by atoms with Crippen LogP contribution in [0.5, 0.6) is 0 Å². The molecule has 1 atom stereocenters. The van der Waals surface area contributed by atoms with Crippen molar-refractivity contribution in [2.24, 2.45) is 5.92 Å². The van der Waals surface area contributed by atoms with Crippen molar-refractivity contribution < 1.29 is 19.1 Å². The maximum absolute atomic E-state index is 13.2. The summed E-state index contributed by atoms with van der Waals surface area (Å²) in [5.41, 5.74) is 0.506. The number of piperazine rings is 1. The van der Waals surface area contributed by atoms with Gasteiger partial charge in [0.25, 0.3) is 5.91 Å². The Bertz CT molecular complexity index is 1040. The van der Waals surface area contributed by atoms with Gasteiger partial charge in [0.05, 0.1) is 6.04 Å². The van der Waals surface area contributed by atoms with Gasteiger partial charge in [0.15, 0.2) is 0 Å². The molecule has 3 amide bonds. The van der Waals surface area contributed by atoms with Crippen molar-refractivity contribution in [1.29, 1.82) is 0 Å². The minimum absolute atomic E-state index is 0.126. The Balaban J connectivity index is 1.20. The lowest BCUT2D eigenvalue weighted by atomic mass is 9.83. The number of ether oxygens (including phenoxy) is 1. The molecule has 0 N–H and O–H groups in total. The first kappa shape index (κ1) is 18.7. The third kappa shape index (κ3) is 2.97. The number of aromatic nitrogens is 2. The first-order valence-electron chi connectivity index (χ1n) is 11.1. The number of carbonyl (C=O) groups excluding carboxylic acids is 3. The molecule has 0 bridgehead atoms. The molecular weight excluding hydrogens is 398 g/mol. The van der Waals surface area contributed by atoms with E-state index in [-0.39, 0.29) is 29.9 Å². The summed E-state index contributed by atoms with van der Waals surface area (Å²) in [6.45, 7) is 2.55. The van der Waals surface area contributed by atoms with E-state index in [0.29, 0.717) is 51.3 Å². The summed E-state index contributed by atoms with van der Waals surface area (Å²) in [6, 6.07) is 5.46. The smallest absolute Gasteiger partial charge is 0.410 e. The number of amides is 3. The van der Waals surface area contributed by atoms with Crippen LogP contribution in [-0.4, -0.2) is 86.4 Å². The Kier molecular flexibility index (Phi) is 4.03. The Morgan fingerprint density at radius 2 is 1.87 bits per heavy atom. The van der Waals surface area contributed by atoms with Gasteiger partial charge in [0, 0.05) is 63.9 Å². The fourth-order valence-electron chi connectivity index (χ4n) is 5.27. The number of piperidine rings is 1. The number of likely N-dealkylation sites (tertiary alicyclic amines) is 1. The highest BCUT2D eigenvalue weighted by atomic mass is 16.6. The summed E-state index contributed by atoms with van der Waals surface area (Å²) in [5, 5.41) is 0. The van der Waals surface area contributed by atoms with Gasteiger partial charge >= 0.3 is 6.09 Å². The Morgan fingerprint density at radius 1 is 1.06 bits per heavy atom. The van der Waals surface area contributed by atoms with Crippen molar-refractivity contribution >= 4 is 23.6 Å². The lowest BCUT2D eigenvalue weighted by Crippen LogP contribution is -2.61. The van der Waals surface area contributed by atoms with Crippen molar-refractivity contribution in [1.82, 2.24) is 24.1 Å². The predicted molar refractivity (Wildman–Crippen MR) is 109 cm³/mol. The Hall–Kier alpha value is -3.10. The van der Waals surface area contributed by atoms with Gasteiger partial charge in [-0.3, -0.25) is 14.5 Å². The van der Waals surface area contributed by atoms with Gasteiger partial charge in [0.2, 0.25) is 5.91 Å². The van der Waals surface area contributed by atoms with E-state index in [1.54, 1.807) is 16.0 Å². The molecule has 9 heteroatoms. The summed E-state index contributed by atoms with van der Waals surface area (Å²) in [4.78, 5) is 48.1. The second-order valence-corrected chi connectivity index (χ2v) is 9.08. The minimum Gasteiger partial charge on any atom is -0.440 e. The maximum Gasteiger partial charge on any atom is 0.410 e. The molecule has 5 heterocycles. The highest BCUT2D eigenvalue weighted by molar-refractivity contribution is 5.93. The molecule has 162 valence electrons. The van der Waals surface area contributed by atoms with Gasteiger partial charge in [-0.1, -0.05) is 6.07 Å². The van der Waals surface area contributed by atoms with Gasteiger partial charge in [0.1, 0.15) is 16.9 Å². The fourth-order valence-corrected chi connectivity index (χ4v) is 5.27. The zero-order valence-electron chi connectivity index (χ0n) is 17.3. The van der Waals surface area contributed by atoms with E-state index in [1.807, 2.05) is 33.7 Å². The van der Waals surface area contributed by atoms with Crippen LogP contribution in [0.15, 0.2) is 30.6 Å². The Morgan fingerprint density at radius 3 is 2.61 bits per heavy atom. The van der Waals surface area contributed by atoms with E-state index in [2.05, 4.69) is 4.98 Å². The summed E-state index contributed by atoms with van der Waals surface area (Å²) in [6.07, 6.45) is 6.54. The molecule has 31 heavy (non-hydrogen) atoms. The SMILES string of the molecule is O=C(c1cn2ccccc2n1)N1CCN2C(=O)OC3(CCN(C(=O)C4CC4)CC3)C2C1. The molecule has 1 aliphatic carbocycles. The summed E-state index contributed by atoms with van der Waals surface area (Å²) in [5.74, 6) is 0.312. The van der Waals surface area contributed by atoms with Crippen LogP contribution in [0.25, 0.3) is 5.65 Å².